The van der Waals surface area contributed by atoms with Gasteiger partial charge in [-0.1, -0.05) is 133 Å². The monoisotopic (exact) mass is 1540 g/mol. The standard InChI is InChI=1S/C27H42O2.C20H31Br.2C19H30O.C13H24O2Si/c1-18(8-6-12-25(2,3)4)22-10-11-23-19(9-7-13-26(22,23)5)14-24(29)27-16-20(27)15-21(28)17-27;1-15(8-6-12-19(2,3)4)17-10-11-18-16(14-21)9-7-13-20(17,18)5;2*1-14(8-6-12-18(2,3)4)15-10-11-16-17(20)9-7-13-19(15,16)5;1-12(2,3)16(4,5)15-11-6-10-7-13(10,8-11)9-14/h14,18,20-24,28-29H,7-11,13,15-17H2,1-5H3;14-15,17-18H,7-11,13H2,1-5H3;2*14-16H,7-11,13H2,1-5H3;9-11H,6-8H2,1-5H3/b19-14+;16-14+;;;/t18-,20-,21+,22-,23-,24?,26-,27+;15-,17-,18-,20-;14-,15-,16+,19-;14-,15-,16-,19-;10-,11+,13-/m11111/s1. The fourth-order valence-electron chi connectivity index (χ4n) is 24.0. The van der Waals surface area contributed by atoms with Crippen molar-refractivity contribution in [2.75, 3.05) is 0 Å². The molecule has 106 heavy (non-hydrogen) atoms. The van der Waals surface area contributed by atoms with Crippen molar-refractivity contribution in [3.05, 3.63) is 22.2 Å². The summed E-state index contributed by atoms with van der Waals surface area (Å²) in [4.78, 5) is 37.6. The van der Waals surface area contributed by atoms with Gasteiger partial charge in [0.25, 0.3) is 0 Å². The Morgan fingerprint density at radius 3 is 1.17 bits per heavy atom. The van der Waals surface area contributed by atoms with E-state index in [0.717, 1.165) is 133 Å². The van der Waals surface area contributed by atoms with E-state index >= 15 is 0 Å². The first kappa shape index (κ1) is 88.9. The van der Waals surface area contributed by atoms with E-state index in [4.69, 9.17) is 4.43 Å². The molecule has 12 fully saturated rings. The largest absolute Gasteiger partial charge is 0.414 e. The van der Waals surface area contributed by atoms with Crippen LogP contribution in [0, 0.1) is 184 Å². The molecule has 0 heterocycles. The molecular weight excluding hydrogens is 1380 g/mol. The van der Waals surface area contributed by atoms with Gasteiger partial charge in [-0.25, -0.2) is 0 Å². The van der Waals surface area contributed by atoms with Gasteiger partial charge in [-0.3, -0.25) is 9.59 Å². The van der Waals surface area contributed by atoms with Crippen LogP contribution >= 0.6 is 15.9 Å². The summed E-state index contributed by atoms with van der Waals surface area (Å²) in [6.45, 7) is 56.9. The zero-order valence-corrected chi connectivity index (χ0v) is 75.3. The summed E-state index contributed by atoms with van der Waals surface area (Å²) in [5, 5.41) is 21.4. The first-order valence-corrected chi connectivity index (χ1v) is 47.4. The van der Waals surface area contributed by atoms with Crippen LogP contribution in [0.4, 0.5) is 0 Å². The lowest BCUT2D eigenvalue weighted by Crippen LogP contribution is -2.43. The molecule has 12 rings (SSSR count). The summed E-state index contributed by atoms with van der Waals surface area (Å²) in [5.41, 5.74) is 5.07. The molecular formula is C98H157BrO6Si. The van der Waals surface area contributed by atoms with E-state index in [1.165, 1.54) is 95.3 Å². The van der Waals surface area contributed by atoms with Crippen LogP contribution in [-0.2, 0) is 18.8 Å². The highest BCUT2D eigenvalue weighted by atomic mass is 79.9. The van der Waals surface area contributed by atoms with E-state index in [2.05, 4.69) is 247 Å². The number of aliphatic hydroxyl groups excluding tert-OH is 2. The molecule has 8 heteroatoms. The Hall–Kier alpha value is -2.69. The fraction of sp³-hybridized carbons (Fsp3) is 0.847. The lowest BCUT2D eigenvalue weighted by Gasteiger charge is -2.44. The van der Waals surface area contributed by atoms with Crippen molar-refractivity contribution in [3.63, 3.8) is 0 Å². The molecule has 6 nitrogen and oxygen atoms in total. The maximum Gasteiger partial charge on any atom is 0.192 e. The van der Waals surface area contributed by atoms with Gasteiger partial charge in [0, 0.05) is 89.0 Å². The number of carbonyl (C=O) groups excluding carboxylic acids is 3. The minimum Gasteiger partial charge on any atom is -0.414 e. The minimum absolute atomic E-state index is 0.00804. The second-order valence-electron chi connectivity index (χ2n) is 44.5. The molecule has 0 amide bonds. The normalized spacial score (nSPS) is 38.4. The Labute approximate surface area is 661 Å². The van der Waals surface area contributed by atoms with Crippen LogP contribution in [0.5, 0.6) is 0 Å². The SMILES string of the molecule is CC(C)(C)[Si](C)(C)O[C@H]1C[C@@H]2C[C@]2(C=O)C1.C[C@H](CC#CC(C)(C)C)[C@H]1CC[C@@H]2/C(=C/Br)CCC[C@@]21C.C[C@H](CC#CC(C)(C)C)[C@H]1CC[C@@H]2/C(=C/C(O)[C@@]34C[C@@H](O)C[C@@H]3C4)CCC[C@@]21C.C[C@H](CC#CC(C)(C)C)[C@H]1CC[C@@H]2C(=O)CCC[C@@]21C.C[C@H](CC#CC(C)(C)C)[C@H]1CC[C@H]2C(=O)CCC[C@]12C. The van der Waals surface area contributed by atoms with Crippen LogP contribution in [0.1, 0.15) is 352 Å². The Bertz CT molecular complexity index is 3280. The minimum atomic E-state index is -1.64. The van der Waals surface area contributed by atoms with Gasteiger partial charge in [0.2, 0.25) is 0 Å². The number of halogens is 1. The Morgan fingerprint density at radius 1 is 0.491 bits per heavy atom. The summed E-state index contributed by atoms with van der Waals surface area (Å²) >= 11 is 3.61. The molecule has 1 unspecified atom stereocenters. The number of fused-ring (bicyclic) bond motifs is 6. The number of hydrogen-bond acceptors (Lipinski definition) is 6. The fourth-order valence-corrected chi connectivity index (χ4v) is 25.9. The van der Waals surface area contributed by atoms with E-state index in [-0.39, 0.29) is 60.6 Å². The average Bonchev–Trinajstić information content (AvgIpc) is 1.58. The molecule has 0 aromatic heterocycles. The highest BCUT2D eigenvalue weighted by molar-refractivity contribution is 9.11. The predicted molar refractivity (Wildman–Crippen MR) is 452 cm³/mol. The third kappa shape index (κ3) is 21.4. The third-order valence-electron chi connectivity index (χ3n) is 30.7. The smallest absolute Gasteiger partial charge is 0.192 e. The summed E-state index contributed by atoms with van der Waals surface area (Å²) in [6, 6.07) is 0. The maximum absolute atomic E-state index is 12.2. The molecule has 0 bridgehead atoms. The van der Waals surface area contributed by atoms with Gasteiger partial charge in [-0.2, -0.15) is 0 Å². The van der Waals surface area contributed by atoms with Crippen molar-refractivity contribution in [1.29, 1.82) is 0 Å². The summed E-state index contributed by atoms with van der Waals surface area (Å²) in [5.74, 6) is 37.2. The zero-order valence-electron chi connectivity index (χ0n) is 72.7. The number of carbonyl (C=O) groups is 3. The van der Waals surface area contributed by atoms with Crippen molar-refractivity contribution in [1.82, 2.24) is 0 Å². The Balaban J connectivity index is 0.000000170. The molecule has 0 aromatic carbocycles. The van der Waals surface area contributed by atoms with Crippen molar-refractivity contribution in [2.24, 2.45) is 137 Å². The Morgan fingerprint density at radius 2 is 0.840 bits per heavy atom. The number of Topliss-reactive ketones (excluding diaryl/α,β-unsaturated/α-hetero) is 2. The molecule has 2 N–H and O–H groups in total. The Kier molecular flexibility index (Phi) is 29.0. The summed E-state index contributed by atoms with van der Waals surface area (Å²) in [6.07, 6.45) is 37.5. The molecule has 23 atom stereocenters. The molecule has 0 aromatic rings. The van der Waals surface area contributed by atoms with Gasteiger partial charge in [0.1, 0.15) is 17.9 Å². The van der Waals surface area contributed by atoms with Crippen molar-refractivity contribution < 1.29 is 29.0 Å². The van der Waals surface area contributed by atoms with Crippen LogP contribution in [0.2, 0.25) is 18.1 Å². The predicted octanol–water partition coefficient (Wildman–Crippen LogP) is 25.4. The number of ketones is 2. The number of aldehydes is 1. The van der Waals surface area contributed by atoms with E-state index in [9.17, 15) is 24.6 Å². The lowest BCUT2D eigenvalue weighted by atomic mass is 9.60. The van der Waals surface area contributed by atoms with Crippen LogP contribution < -0.4 is 0 Å². The van der Waals surface area contributed by atoms with Gasteiger partial charge >= 0.3 is 0 Å². The molecule has 0 radical (unpaired) electrons. The highest BCUT2D eigenvalue weighted by Crippen LogP contribution is 2.68. The maximum atomic E-state index is 12.2. The number of hydrogen-bond donors (Lipinski definition) is 2. The molecule has 596 valence electrons. The molecule has 12 saturated carbocycles. The second-order valence-corrected chi connectivity index (χ2v) is 49.8. The van der Waals surface area contributed by atoms with Crippen LogP contribution in [-0.4, -0.2) is 54.7 Å². The van der Waals surface area contributed by atoms with Gasteiger partial charge in [-0.05, 0) is 353 Å². The zero-order chi connectivity index (χ0) is 78.8. The molecule has 0 saturated heterocycles. The third-order valence-corrected chi connectivity index (χ3v) is 35.9. The van der Waals surface area contributed by atoms with Crippen molar-refractivity contribution in [3.8, 4) is 47.4 Å². The first-order chi connectivity index (χ1) is 49.0. The van der Waals surface area contributed by atoms with Crippen LogP contribution in [0.15, 0.2) is 22.2 Å². The topological polar surface area (TPSA) is 101 Å². The second kappa shape index (κ2) is 34.6. The van der Waals surface area contributed by atoms with E-state index in [0.29, 0.717) is 87.7 Å². The van der Waals surface area contributed by atoms with Crippen LogP contribution in [0.3, 0.4) is 0 Å². The first-order valence-electron chi connectivity index (χ1n) is 43.6. The summed E-state index contributed by atoms with van der Waals surface area (Å²) < 4.78 is 6.37. The quantitative estimate of drug-likeness (QED) is 0.0825. The molecule has 0 spiro atoms. The lowest BCUT2D eigenvalue weighted by molar-refractivity contribution is -0.130. The van der Waals surface area contributed by atoms with E-state index in [1.807, 2.05) is 0 Å². The molecule has 12 aliphatic carbocycles. The van der Waals surface area contributed by atoms with Crippen molar-refractivity contribution >= 4 is 42.1 Å². The summed E-state index contributed by atoms with van der Waals surface area (Å²) in [7, 11) is -1.64. The van der Waals surface area contributed by atoms with Gasteiger partial charge in [-0.15, -0.1) is 23.7 Å². The average molecular weight is 1540 g/mol. The number of allylic oxidation sites excluding steroid dienone is 2. The van der Waals surface area contributed by atoms with E-state index in [1.54, 1.807) is 5.57 Å². The molecule has 0 aliphatic heterocycles. The van der Waals surface area contributed by atoms with Gasteiger partial charge in [0.15, 0.2) is 8.32 Å². The number of rotatable bonds is 13. The molecule has 12 aliphatic rings. The van der Waals surface area contributed by atoms with E-state index < -0.39 is 8.32 Å². The van der Waals surface area contributed by atoms with Gasteiger partial charge < -0.3 is 19.4 Å². The number of aliphatic hydroxyl groups is 2. The highest BCUT2D eigenvalue weighted by Gasteiger charge is 2.64. The van der Waals surface area contributed by atoms with Crippen LogP contribution in [0.25, 0.3) is 0 Å². The van der Waals surface area contributed by atoms with Crippen molar-refractivity contribution in [2.45, 2.75) is 388 Å². The van der Waals surface area contributed by atoms with Gasteiger partial charge in [0.05, 0.1) is 12.2 Å².